The van der Waals surface area contributed by atoms with Crippen LogP contribution in [0.1, 0.15) is 28.1 Å². The van der Waals surface area contributed by atoms with Crippen LogP contribution in [0.15, 0.2) is 24.5 Å². The summed E-state index contributed by atoms with van der Waals surface area (Å²) in [5.41, 5.74) is 5.37. The quantitative estimate of drug-likeness (QED) is 0.615. The Morgan fingerprint density at radius 3 is 2.75 bits per heavy atom. The summed E-state index contributed by atoms with van der Waals surface area (Å²) < 4.78 is 13.6. The maximum atomic E-state index is 13.6. The fourth-order valence-corrected chi connectivity index (χ4v) is 3.59. The van der Waals surface area contributed by atoms with Crippen molar-refractivity contribution in [2.45, 2.75) is 26.8 Å². The number of anilines is 1. The SMILES string of the molecule is Cc1c(C#N)nnc(N2CCc3ncc(-c4cc(F)cnc4Cl)cc3C2)c1C. The smallest absolute Gasteiger partial charge is 0.166 e. The van der Waals surface area contributed by atoms with Gasteiger partial charge in [0.15, 0.2) is 11.5 Å². The van der Waals surface area contributed by atoms with Gasteiger partial charge in [-0.05, 0) is 42.7 Å². The molecule has 28 heavy (non-hydrogen) atoms. The predicted octanol–water partition coefficient (Wildman–Crippen LogP) is 3.78. The topological polar surface area (TPSA) is 78.6 Å². The molecule has 0 aromatic carbocycles. The molecule has 1 aliphatic rings. The summed E-state index contributed by atoms with van der Waals surface area (Å²) in [7, 11) is 0. The average molecular weight is 395 g/mol. The molecule has 0 amide bonds. The summed E-state index contributed by atoms with van der Waals surface area (Å²) in [4.78, 5) is 10.5. The van der Waals surface area contributed by atoms with Crippen molar-refractivity contribution in [2.75, 3.05) is 11.4 Å². The summed E-state index contributed by atoms with van der Waals surface area (Å²) in [5, 5.41) is 17.7. The Kier molecular flexibility index (Phi) is 4.65. The zero-order valence-corrected chi connectivity index (χ0v) is 16.1. The van der Waals surface area contributed by atoms with Gasteiger partial charge in [0.25, 0.3) is 0 Å². The van der Waals surface area contributed by atoms with Crippen LogP contribution >= 0.6 is 11.6 Å². The molecule has 4 heterocycles. The van der Waals surface area contributed by atoms with Crippen LogP contribution in [-0.4, -0.2) is 26.7 Å². The van der Waals surface area contributed by atoms with Gasteiger partial charge in [-0.15, -0.1) is 10.2 Å². The number of hydrogen-bond donors (Lipinski definition) is 0. The lowest BCUT2D eigenvalue weighted by Crippen LogP contribution is -2.32. The van der Waals surface area contributed by atoms with E-state index in [-0.39, 0.29) is 5.15 Å². The van der Waals surface area contributed by atoms with Crippen molar-refractivity contribution in [3.63, 3.8) is 0 Å². The number of halogens is 2. The van der Waals surface area contributed by atoms with Gasteiger partial charge in [0.1, 0.15) is 17.0 Å². The first-order chi connectivity index (χ1) is 13.5. The molecule has 0 unspecified atom stereocenters. The van der Waals surface area contributed by atoms with Crippen molar-refractivity contribution < 1.29 is 4.39 Å². The molecule has 3 aromatic heterocycles. The second-order valence-corrected chi connectivity index (χ2v) is 7.09. The molecule has 1 aliphatic heterocycles. The van der Waals surface area contributed by atoms with E-state index in [1.165, 1.54) is 6.07 Å². The number of nitriles is 1. The van der Waals surface area contributed by atoms with Crippen molar-refractivity contribution in [3.8, 4) is 17.2 Å². The zero-order valence-electron chi connectivity index (χ0n) is 15.4. The summed E-state index contributed by atoms with van der Waals surface area (Å²) in [6.45, 7) is 5.17. The second-order valence-electron chi connectivity index (χ2n) is 6.73. The largest absolute Gasteiger partial charge is 0.350 e. The summed E-state index contributed by atoms with van der Waals surface area (Å²) >= 11 is 6.14. The van der Waals surface area contributed by atoms with Crippen molar-refractivity contribution in [2.24, 2.45) is 0 Å². The highest BCUT2D eigenvalue weighted by molar-refractivity contribution is 6.32. The van der Waals surface area contributed by atoms with Crippen LogP contribution in [0.3, 0.4) is 0 Å². The number of fused-ring (bicyclic) bond motifs is 1. The highest BCUT2D eigenvalue weighted by atomic mass is 35.5. The van der Waals surface area contributed by atoms with Gasteiger partial charge < -0.3 is 4.90 Å². The number of pyridine rings is 2. The van der Waals surface area contributed by atoms with E-state index in [0.29, 0.717) is 17.8 Å². The first kappa shape index (κ1) is 18.3. The number of nitrogens with zero attached hydrogens (tertiary/aromatic N) is 6. The minimum Gasteiger partial charge on any atom is -0.350 e. The van der Waals surface area contributed by atoms with Gasteiger partial charge in [-0.1, -0.05) is 11.6 Å². The molecule has 3 aromatic rings. The molecule has 0 radical (unpaired) electrons. The fourth-order valence-electron chi connectivity index (χ4n) is 3.38. The van der Waals surface area contributed by atoms with Crippen LogP contribution in [0.2, 0.25) is 5.15 Å². The van der Waals surface area contributed by atoms with Gasteiger partial charge in [-0.25, -0.2) is 9.37 Å². The highest BCUT2D eigenvalue weighted by Gasteiger charge is 2.22. The zero-order chi connectivity index (χ0) is 19.8. The van der Waals surface area contributed by atoms with E-state index < -0.39 is 5.82 Å². The molecular formula is C20H16ClFN6. The molecule has 0 N–H and O–H groups in total. The molecule has 6 nitrogen and oxygen atoms in total. The van der Waals surface area contributed by atoms with Gasteiger partial charge in [0.2, 0.25) is 0 Å². The lowest BCUT2D eigenvalue weighted by atomic mass is 10.0. The number of rotatable bonds is 2. The minimum atomic E-state index is -0.447. The van der Waals surface area contributed by atoms with Gasteiger partial charge in [0.05, 0.1) is 6.20 Å². The van der Waals surface area contributed by atoms with Gasteiger partial charge in [0, 0.05) is 42.5 Å². The highest BCUT2D eigenvalue weighted by Crippen LogP contribution is 2.31. The minimum absolute atomic E-state index is 0.236. The normalized spacial score (nSPS) is 13.2. The summed E-state index contributed by atoms with van der Waals surface area (Å²) in [6, 6.07) is 5.39. The third kappa shape index (κ3) is 3.16. The second kappa shape index (κ2) is 7.13. The standard InChI is InChI=1S/C20H16ClFN6/c1-11-12(2)20(27-26-18(11)7-23)28-4-3-17-14(10-28)5-13(8-24-17)16-6-15(22)9-25-19(16)21/h5-6,8-9H,3-4,10H2,1-2H3. The molecule has 0 saturated carbocycles. The summed E-state index contributed by atoms with van der Waals surface area (Å²) in [5.74, 6) is 0.315. The first-order valence-electron chi connectivity index (χ1n) is 8.76. The van der Waals surface area contributed by atoms with Crippen molar-refractivity contribution >= 4 is 17.4 Å². The molecule has 0 atom stereocenters. The Morgan fingerprint density at radius 2 is 1.96 bits per heavy atom. The molecule has 0 fully saturated rings. The monoisotopic (exact) mass is 394 g/mol. The number of hydrogen-bond acceptors (Lipinski definition) is 6. The fraction of sp³-hybridized carbons (Fsp3) is 0.250. The van der Waals surface area contributed by atoms with Crippen molar-refractivity contribution in [1.29, 1.82) is 5.26 Å². The molecule has 4 rings (SSSR count). The van der Waals surface area contributed by atoms with Crippen LogP contribution in [0.25, 0.3) is 11.1 Å². The summed E-state index contributed by atoms with van der Waals surface area (Å²) in [6.07, 6.45) is 3.55. The van der Waals surface area contributed by atoms with E-state index in [9.17, 15) is 4.39 Å². The van der Waals surface area contributed by atoms with E-state index >= 15 is 0 Å². The molecule has 8 heteroatoms. The Morgan fingerprint density at radius 1 is 1.14 bits per heavy atom. The average Bonchev–Trinajstić information content (AvgIpc) is 2.71. The van der Waals surface area contributed by atoms with Gasteiger partial charge in [-0.2, -0.15) is 5.26 Å². The molecule has 140 valence electrons. The molecule has 0 aliphatic carbocycles. The molecule has 0 bridgehead atoms. The maximum absolute atomic E-state index is 13.6. The van der Waals surface area contributed by atoms with Gasteiger partial charge >= 0.3 is 0 Å². The Labute approximate surface area is 166 Å². The molecule has 0 spiro atoms. The van der Waals surface area contributed by atoms with Gasteiger partial charge in [-0.3, -0.25) is 4.98 Å². The number of aromatic nitrogens is 4. The third-order valence-corrected chi connectivity index (χ3v) is 5.36. The van der Waals surface area contributed by atoms with E-state index in [1.54, 1.807) is 6.20 Å². The van der Waals surface area contributed by atoms with Crippen LogP contribution in [0, 0.1) is 31.0 Å². The van der Waals surface area contributed by atoms with E-state index in [1.807, 2.05) is 19.9 Å². The van der Waals surface area contributed by atoms with Crippen molar-refractivity contribution in [3.05, 3.63) is 63.6 Å². The predicted molar refractivity (Wildman–Crippen MR) is 103 cm³/mol. The molecular weight excluding hydrogens is 379 g/mol. The Bertz CT molecular complexity index is 1120. The lowest BCUT2D eigenvalue weighted by Gasteiger charge is -2.30. The van der Waals surface area contributed by atoms with E-state index in [0.717, 1.165) is 52.9 Å². The lowest BCUT2D eigenvalue weighted by molar-refractivity contribution is 0.622. The van der Waals surface area contributed by atoms with Crippen LogP contribution in [0.5, 0.6) is 0 Å². The van der Waals surface area contributed by atoms with Crippen LogP contribution < -0.4 is 4.90 Å². The molecule has 0 saturated heterocycles. The first-order valence-corrected chi connectivity index (χ1v) is 9.14. The van der Waals surface area contributed by atoms with E-state index in [4.69, 9.17) is 16.9 Å². The van der Waals surface area contributed by atoms with Crippen LogP contribution in [0.4, 0.5) is 10.2 Å². The van der Waals surface area contributed by atoms with E-state index in [2.05, 4.69) is 31.1 Å². The third-order valence-electron chi connectivity index (χ3n) is 5.06. The maximum Gasteiger partial charge on any atom is 0.166 e. The Balaban J connectivity index is 1.70. The van der Waals surface area contributed by atoms with Crippen molar-refractivity contribution in [1.82, 2.24) is 20.2 Å². The Hall–Kier alpha value is -3.11. The van der Waals surface area contributed by atoms with Crippen LogP contribution in [-0.2, 0) is 13.0 Å².